The van der Waals surface area contributed by atoms with Gasteiger partial charge in [-0.1, -0.05) is 23.7 Å². The number of para-hydroxylation sites is 2. The molecule has 1 unspecified atom stereocenters. The minimum absolute atomic E-state index is 0.133. The van der Waals surface area contributed by atoms with Crippen LogP contribution in [0.4, 0.5) is 0 Å². The summed E-state index contributed by atoms with van der Waals surface area (Å²) in [6.07, 6.45) is 2.23. The lowest BCUT2D eigenvalue weighted by molar-refractivity contribution is 0.0948. The quantitative estimate of drug-likeness (QED) is 0.481. The maximum absolute atomic E-state index is 13.4. The number of benzene rings is 1. The van der Waals surface area contributed by atoms with E-state index in [9.17, 15) is 9.59 Å². The summed E-state index contributed by atoms with van der Waals surface area (Å²) in [6.45, 7) is 2.30. The molecule has 8 heteroatoms. The molecule has 0 saturated carbocycles. The van der Waals surface area contributed by atoms with Crippen molar-refractivity contribution in [1.29, 1.82) is 0 Å². The largest absolute Gasteiger partial charge is 0.351 e. The summed E-state index contributed by atoms with van der Waals surface area (Å²) >= 11 is 7.67. The fraction of sp³-hybridized carbons (Fsp3) is 0.300. The first-order valence-corrected chi connectivity index (χ1v) is 10.6. The molecule has 1 aromatic carbocycles. The van der Waals surface area contributed by atoms with Gasteiger partial charge in [0.25, 0.3) is 5.91 Å². The summed E-state index contributed by atoms with van der Waals surface area (Å²) in [7, 11) is 0. The summed E-state index contributed by atoms with van der Waals surface area (Å²) in [5.41, 5.74) is 2.67. The molecule has 0 radical (unpaired) electrons. The van der Waals surface area contributed by atoms with Crippen LogP contribution in [-0.4, -0.2) is 39.4 Å². The van der Waals surface area contributed by atoms with Crippen LogP contribution in [0.3, 0.4) is 0 Å². The van der Waals surface area contributed by atoms with E-state index < -0.39 is 0 Å². The summed E-state index contributed by atoms with van der Waals surface area (Å²) in [5.74, 6) is -0.308. The van der Waals surface area contributed by atoms with Gasteiger partial charge in [0.1, 0.15) is 16.0 Å². The van der Waals surface area contributed by atoms with Crippen LogP contribution in [-0.2, 0) is 0 Å². The van der Waals surface area contributed by atoms with E-state index in [0.29, 0.717) is 21.9 Å². The van der Waals surface area contributed by atoms with Crippen molar-refractivity contribution in [3.8, 4) is 0 Å². The normalized spacial score (nSPS) is 20.3. The third-order valence-electron chi connectivity index (χ3n) is 5.94. The molecule has 142 valence electrons. The topological polar surface area (TPSA) is 58.8 Å². The van der Waals surface area contributed by atoms with E-state index in [1.165, 1.54) is 11.3 Å². The smallest absolute Gasteiger partial charge is 0.259 e. The average Bonchev–Trinajstić information content (AvgIpc) is 3.36. The predicted octanol–water partition coefficient (Wildman–Crippen LogP) is 3.46. The lowest BCUT2D eigenvalue weighted by Gasteiger charge is -2.26. The Morgan fingerprint density at radius 1 is 1.14 bits per heavy atom. The number of amides is 1. The van der Waals surface area contributed by atoms with Crippen molar-refractivity contribution in [2.45, 2.75) is 19.0 Å². The van der Waals surface area contributed by atoms with Gasteiger partial charge < -0.3 is 9.88 Å². The van der Waals surface area contributed by atoms with E-state index in [-0.39, 0.29) is 23.1 Å². The lowest BCUT2D eigenvalue weighted by atomic mass is 10.2. The minimum Gasteiger partial charge on any atom is -0.351 e. The van der Waals surface area contributed by atoms with E-state index in [0.717, 1.165) is 41.8 Å². The third-order valence-corrected chi connectivity index (χ3v) is 7.19. The number of imidazole rings is 1. The van der Waals surface area contributed by atoms with Crippen molar-refractivity contribution < 1.29 is 4.79 Å². The molecule has 2 aliphatic heterocycles. The Kier molecular flexibility index (Phi) is 3.45. The van der Waals surface area contributed by atoms with Crippen LogP contribution in [0.5, 0.6) is 0 Å². The van der Waals surface area contributed by atoms with Gasteiger partial charge in [-0.2, -0.15) is 0 Å². The molecule has 2 aliphatic rings. The molecule has 1 amide bonds. The highest BCUT2D eigenvalue weighted by molar-refractivity contribution is 7.22. The second-order valence-electron chi connectivity index (χ2n) is 7.41. The molecule has 0 bridgehead atoms. The summed E-state index contributed by atoms with van der Waals surface area (Å²) in [4.78, 5) is 29.6. The summed E-state index contributed by atoms with van der Waals surface area (Å²) in [5, 5.41) is 3.46. The number of carbonyl (C=O) groups is 1. The number of thiophene rings is 1. The Labute approximate surface area is 168 Å². The Hall–Kier alpha value is -2.35. The van der Waals surface area contributed by atoms with E-state index in [2.05, 4.69) is 25.3 Å². The van der Waals surface area contributed by atoms with Crippen molar-refractivity contribution in [3.63, 3.8) is 0 Å². The number of fused-ring (bicyclic) bond motifs is 7. The molecular formula is C20H17ClN4O2S. The summed E-state index contributed by atoms with van der Waals surface area (Å²) in [6, 6.07) is 9.80. The highest BCUT2D eigenvalue weighted by atomic mass is 35.5. The molecule has 0 spiro atoms. The molecule has 3 aromatic heterocycles. The fourth-order valence-electron chi connectivity index (χ4n) is 4.82. The molecule has 6 nitrogen and oxygen atoms in total. The van der Waals surface area contributed by atoms with Crippen molar-refractivity contribution >= 4 is 55.7 Å². The Bertz CT molecular complexity index is 1350. The molecular weight excluding hydrogens is 396 g/mol. The Morgan fingerprint density at radius 3 is 2.82 bits per heavy atom. The van der Waals surface area contributed by atoms with Gasteiger partial charge in [0, 0.05) is 19.6 Å². The first-order chi connectivity index (χ1) is 13.6. The zero-order valence-corrected chi connectivity index (χ0v) is 16.5. The number of hydrogen-bond donors (Lipinski definition) is 1. The molecule has 6 rings (SSSR count). The first-order valence-electron chi connectivity index (χ1n) is 9.44. The van der Waals surface area contributed by atoms with Gasteiger partial charge in [0.05, 0.1) is 26.9 Å². The van der Waals surface area contributed by atoms with Crippen molar-refractivity contribution in [3.05, 3.63) is 50.5 Å². The standard InChI is InChI=1S/C20H17ClN4O2S/c21-14-10-11-17(26)16-18(27)22-7-9-23-8-3-6-15(23)24-12-4-1-2-5-13(12)25(19(16)24)20(11)28-14/h1-2,4-5,10,15H,3,6-9H2,(H,22,27). The van der Waals surface area contributed by atoms with Crippen LogP contribution in [0.15, 0.2) is 35.1 Å². The van der Waals surface area contributed by atoms with Gasteiger partial charge in [0.15, 0.2) is 0 Å². The van der Waals surface area contributed by atoms with E-state index >= 15 is 0 Å². The fourth-order valence-corrected chi connectivity index (χ4v) is 6.04. The van der Waals surface area contributed by atoms with Gasteiger partial charge in [-0.3, -0.25) is 18.9 Å². The zero-order valence-electron chi connectivity index (χ0n) is 14.9. The number of aromatic nitrogens is 2. The number of carbonyl (C=O) groups excluding carboxylic acids is 1. The second-order valence-corrected chi connectivity index (χ2v) is 9.07. The zero-order chi connectivity index (χ0) is 19.0. The average molecular weight is 413 g/mol. The van der Waals surface area contributed by atoms with E-state index in [1.54, 1.807) is 6.07 Å². The molecule has 1 fully saturated rings. The van der Waals surface area contributed by atoms with E-state index in [4.69, 9.17) is 11.6 Å². The van der Waals surface area contributed by atoms with Crippen molar-refractivity contribution in [2.75, 3.05) is 19.6 Å². The molecule has 28 heavy (non-hydrogen) atoms. The van der Waals surface area contributed by atoms with Gasteiger partial charge in [0.2, 0.25) is 5.43 Å². The van der Waals surface area contributed by atoms with Gasteiger partial charge in [-0.25, -0.2) is 0 Å². The van der Waals surface area contributed by atoms with Gasteiger partial charge in [-0.15, -0.1) is 11.3 Å². The molecule has 5 heterocycles. The Morgan fingerprint density at radius 2 is 1.96 bits per heavy atom. The predicted molar refractivity (Wildman–Crippen MR) is 112 cm³/mol. The first kappa shape index (κ1) is 16.6. The third kappa shape index (κ3) is 2.07. The lowest BCUT2D eigenvalue weighted by Crippen LogP contribution is -2.35. The number of pyridine rings is 1. The van der Waals surface area contributed by atoms with Crippen LogP contribution in [0, 0.1) is 0 Å². The van der Waals surface area contributed by atoms with Gasteiger partial charge in [-0.05, 0) is 31.0 Å². The molecule has 4 aromatic rings. The second kappa shape index (κ2) is 5.83. The minimum atomic E-state index is -0.308. The molecule has 1 N–H and O–H groups in total. The van der Waals surface area contributed by atoms with Crippen LogP contribution in [0.2, 0.25) is 4.34 Å². The maximum atomic E-state index is 13.4. The number of nitrogens with zero attached hydrogens (tertiary/aromatic N) is 3. The van der Waals surface area contributed by atoms with Gasteiger partial charge >= 0.3 is 0 Å². The number of halogens is 1. The summed E-state index contributed by atoms with van der Waals surface area (Å²) < 4.78 is 4.81. The SMILES string of the molecule is O=C1NCCN2CCCC2n2c3ccccc3n3c4sc(Cl)cc4c(=O)c1c23. The number of hydrogen-bond acceptors (Lipinski definition) is 4. The van der Waals surface area contributed by atoms with Crippen LogP contribution in [0.25, 0.3) is 26.9 Å². The van der Waals surface area contributed by atoms with E-state index in [1.807, 2.05) is 18.2 Å². The van der Waals surface area contributed by atoms with Crippen LogP contribution < -0.4 is 10.7 Å². The number of nitrogens with one attached hydrogen (secondary N) is 1. The monoisotopic (exact) mass is 412 g/mol. The van der Waals surface area contributed by atoms with Crippen molar-refractivity contribution in [1.82, 2.24) is 19.2 Å². The van der Waals surface area contributed by atoms with Crippen molar-refractivity contribution in [2.24, 2.45) is 0 Å². The number of rotatable bonds is 0. The molecule has 1 saturated heterocycles. The Balaban J connectivity index is 1.92. The highest BCUT2D eigenvalue weighted by Crippen LogP contribution is 2.38. The van der Waals surface area contributed by atoms with Crippen LogP contribution >= 0.6 is 22.9 Å². The highest BCUT2D eigenvalue weighted by Gasteiger charge is 2.33. The molecule has 0 aliphatic carbocycles. The maximum Gasteiger partial charge on any atom is 0.259 e. The molecule has 1 atom stereocenters. The van der Waals surface area contributed by atoms with Crippen LogP contribution in [0.1, 0.15) is 29.4 Å².